The van der Waals surface area contributed by atoms with E-state index in [0.717, 1.165) is 17.4 Å². The fourth-order valence-electron chi connectivity index (χ4n) is 1.78. The molecule has 0 saturated carbocycles. The van der Waals surface area contributed by atoms with Gasteiger partial charge in [0.15, 0.2) is 11.6 Å². The molecule has 0 spiro atoms. The van der Waals surface area contributed by atoms with E-state index in [1.807, 2.05) is 19.9 Å². The van der Waals surface area contributed by atoms with Gasteiger partial charge < -0.3 is 10.5 Å². The number of nitrogens with zero attached hydrogens (tertiary/aromatic N) is 1. The van der Waals surface area contributed by atoms with Crippen LogP contribution in [0, 0.1) is 5.82 Å². The van der Waals surface area contributed by atoms with E-state index in [1.54, 1.807) is 6.07 Å². The van der Waals surface area contributed by atoms with Gasteiger partial charge in [-0.3, -0.25) is 0 Å². The fraction of sp³-hybridized carbons (Fsp3) is 0.308. The van der Waals surface area contributed by atoms with Gasteiger partial charge in [0.2, 0.25) is 0 Å². The topological polar surface area (TPSA) is 48.1 Å². The highest BCUT2D eigenvalue weighted by Crippen LogP contribution is 2.26. The van der Waals surface area contributed by atoms with Crippen molar-refractivity contribution in [3.63, 3.8) is 0 Å². The minimum Gasteiger partial charge on any atom is -0.491 e. The molecule has 0 radical (unpaired) electrons. The van der Waals surface area contributed by atoms with Gasteiger partial charge >= 0.3 is 0 Å². The second-order valence-corrected chi connectivity index (χ2v) is 3.79. The van der Waals surface area contributed by atoms with Gasteiger partial charge in [0.25, 0.3) is 0 Å². The van der Waals surface area contributed by atoms with E-state index in [4.69, 9.17) is 10.5 Å². The molecule has 1 aromatic carbocycles. The molecule has 0 atom stereocenters. The molecular formula is C13H15FN2O. The number of aryl methyl sites for hydroxylation is 1. The van der Waals surface area contributed by atoms with Gasteiger partial charge in [-0.25, -0.2) is 9.37 Å². The van der Waals surface area contributed by atoms with Crippen molar-refractivity contribution in [2.45, 2.75) is 20.3 Å². The Balaban J connectivity index is 2.62. The number of hydrogen-bond donors (Lipinski definition) is 1. The largest absolute Gasteiger partial charge is 0.491 e. The lowest BCUT2D eigenvalue weighted by molar-refractivity contribution is 0.322. The Morgan fingerprint density at radius 3 is 2.71 bits per heavy atom. The lowest BCUT2D eigenvalue weighted by Crippen LogP contribution is -1.99. The SMILES string of the molecule is CCOc1cc2cc(CC)c(N)nc2cc1F. The molecule has 2 N–H and O–H groups in total. The van der Waals surface area contributed by atoms with Gasteiger partial charge in [0.1, 0.15) is 5.82 Å². The summed E-state index contributed by atoms with van der Waals surface area (Å²) in [6, 6.07) is 4.95. The van der Waals surface area contributed by atoms with Crippen LogP contribution in [0.5, 0.6) is 5.75 Å². The van der Waals surface area contributed by atoms with Crippen LogP contribution < -0.4 is 10.5 Å². The smallest absolute Gasteiger partial charge is 0.167 e. The Kier molecular flexibility index (Phi) is 3.13. The minimum absolute atomic E-state index is 0.258. The van der Waals surface area contributed by atoms with Gasteiger partial charge in [0, 0.05) is 11.5 Å². The molecule has 0 unspecified atom stereocenters. The molecule has 2 aromatic rings. The summed E-state index contributed by atoms with van der Waals surface area (Å²) in [5, 5.41) is 0.848. The molecular weight excluding hydrogens is 219 g/mol. The second-order valence-electron chi connectivity index (χ2n) is 3.79. The van der Waals surface area contributed by atoms with Crippen LogP contribution in [-0.2, 0) is 6.42 Å². The highest BCUT2D eigenvalue weighted by Gasteiger charge is 2.08. The van der Waals surface area contributed by atoms with Gasteiger partial charge in [-0.05, 0) is 31.0 Å². The Morgan fingerprint density at radius 1 is 1.29 bits per heavy atom. The van der Waals surface area contributed by atoms with Crippen molar-refractivity contribution in [3.05, 3.63) is 29.6 Å². The molecule has 17 heavy (non-hydrogen) atoms. The molecule has 0 bridgehead atoms. The van der Waals surface area contributed by atoms with Crippen molar-refractivity contribution in [1.82, 2.24) is 4.98 Å². The number of anilines is 1. The number of aromatic nitrogens is 1. The number of benzene rings is 1. The van der Waals surface area contributed by atoms with Crippen molar-refractivity contribution in [2.75, 3.05) is 12.3 Å². The summed E-state index contributed by atoms with van der Waals surface area (Å²) in [7, 11) is 0. The summed E-state index contributed by atoms with van der Waals surface area (Å²) in [6.45, 7) is 4.26. The molecule has 1 heterocycles. The number of ether oxygens (including phenoxy) is 1. The molecule has 90 valence electrons. The molecule has 1 aromatic heterocycles. The molecule has 0 amide bonds. The predicted octanol–water partition coefficient (Wildman–Crippen LogP) is 2.92. The molecule has 0 aliphatic carbocycles. The van der Waals surface area contributed by atoms with Crippen molar-refractivity contribution in [3.8, 4) is 5.75 Å². The summed E-state index contributed by atoms with van der Waals surface area (Å²) in [6.07, 6.45) is 0.802. The van der Waals surface area contributed by atoms with Crippen LogP contribution in [0.15, 0.2) is 18.2 Å². The zero-order chi connectivity index (χ0) is 12.4. The number of fused-ring (bicyclic) bond motifs is 1. The van der Waals surface area contributed by atoms with Crippen LogP contribution in [0.2, 0.25) is 0 Å². The third-order valence-electron chi connectivity index (χ3n) is 2.66. The summed E-state index contributed by atoms with van der Waals surface area (Å²) < 4.78 is 18.8. The molecule has 2 rings (SSSR count). The second kappa shape index (κ2) is 4.57. The molecule has 0 aliphatic rings. The van der Waals surface area contributed by atoms with E-state index < -0.39 is 5.82 Å². The first-order chi connectivity index (χ1) is 8.15. The molecule has 4 heteroatoms. The maximum absolute atomic E-state index is 13.6. The number of halogens is 1. The Hall–Kier alpha value is -1.84. The normalized spacial score (nSPS) is 10.8. The van der Waals surface area contributed by atoms with E-state index in [2.05, 4.69) is 4.98 Å². The molecule has 0 saturated heterocycles. The minimum atomic E-state index is -0.407. The Bertz CT molecular complexity index is 555. The van der Waals surface area contributed by atoms with E-state index in [1.165, 1.54) is 6.07 Å². The maximum atomic E-state index is 13.6. The number of rotatable bonds is 3. The van der Waals surface area contributed by atoms with Crippen LogP contribution >= 0.6 is 0 Å². The third-order valence-corrected chi connectivity index (χ3v) is 2.66. The van der Waals surface area contributed by atoms with Gasteiger partial charge in [0.05, 0.1) is 12.1 Å². The van der Waals surface area contributed by atoms with Crippen molar-refractivity contribution < 1.29 is 9.13 Å². The van der Waals surface area contributed by atoms with Crippen molar-refractivity contribution in [1.29, 1.82) is 0 Å². The first-order valence-electron chi connectivity index (χ1n) is 5.67. The zero-order valence-electron chi connectivity index (χ0n) is 9.96. The van der Waals surface area contributed by atoms with Crippen molar-refractivity contribution >= 4 is 16.7 Å². The lowest BCUT2D eigenvalue weighted by Gasteiger charge is -2.08. The number of nitrogens with two attached hydrogens (primary N) is 1. The van der Waals surface area contributed by atoms with Gasteiger partial charge in [-0.2, -0.15) is 0 Å². The van der Waals surface area contributed by atoms with Crippen LogP contribution in [0.4, 0.5) is 10.2 Å². The average Bonchev–Trinajstić information content (AvgIpc) is 2.30. The van der Waals surface area contributed by atoms with E-state index >= 15 is 0 Å². The third kappa shape index (κ3) is 2.16. The predicted molar refractivity (Wildman–Crippen MR) is 66.7 cm³/mol. The van der Waals surface area contributed by atoms with Gasteiger partial charge in [-0.1, -0.05) is 6.92 Å². The number of hydrogen-bond acceptors (Lipinski definition) is 3. The standard InChI is InChI=1S/C13H15FN2O/c1-3-8-5-9-6-12(17-4-2)10(14)7-11(9)16-13(8)15/h5-7H,3-4H2,1-2H3,(H2,15,16). The van der Waals surface area contributed by atoms with E-state index in [9.17, 15) is 4.39 Å². The van der Waals surface area contributed by atoms with E-state index in [-0.39, 0.29) is 5.75 Å². The maximum Gasteiger partial charge on any atom is 0.167 e. The highest BCUT2D eigenvalue weighted by atomic mass is 19.1. The van der Waals surface area contributed by atoms with Crippen molar-refractivity contribution in [2.24, 2.45) is 0 Å². The Morgan fingerprint density at radius 2 is 2.06 bits per heavy atom. The van der Waals surface area contributed by atoms with Crippen LogP contribution in [0.1, 0.15) is 19.4 Å². The number of pyridine rings is 1. The fourth-order valence-corrected chi connectivity index (χ4v) is 1.78. The average molecular weight is 234 g/mol. The molecule has 3 nitrogen and oxygen atoms in total. The zero-order valence-corrected chi connectivity index (χ0v) is 9.96. The highest BCUT2D eigenvalue weighted by molar-refractivity contribution is 5.83. The summed E-state index contributed by atoms with van der Waals surface area (Å²) in [4.78, 5) is 4.19. The van der Waals surface area contributed by atoms with Crippen LogP contribution in [0.3, 0.4) is 0 Å². The first-order valence-corrected chi connectivity index (χ1v) is 5.67. The first kappa shape index (κ1) is 11.6. The van der Waals surface area contributed by atoms with Gasteiger partial charge in [-0.15, -0.1) is 0 Å². The lowest BCUT2D eigenvalue weighted by atomic mass is 10.1. The summed E-state index contributed by atoms with van der Waals surface area (Å²) in [5.74, 6) is 0.313. The van der Waals surface area contributed by atoms with Crippen LogP contribution in [0.25, 0.3) is 10.9 Å². The number of nitrogen functional groups attached to an aromatic ring is 1. The Labute approximate surface area is 99.4 Å². The monoisotopic (exact) mass is 234 g/mol. The molecule has 0 aliphatic heterocycles. The summed E-state index contributed by atoms with van der Waals surface area (Å²) in [5.41, 5.74) is 7.30. The quantitative estimate of drug-likeness (QED) is 0.888. The van der Waals surface area contributed by atoms with E-state index in [0.29, 0.717) is 17.9 Å². The van der Waals surface area contributed by atoms with Crippen LogP contribution in [-0.4, -0.2) is 11.6 Å². The molecule has 0 fully saturated rings. The summed E-state index contributed by atoms with van der Waals surface area (Å²) >= 11 is 0.